The molecule has 1 heterocycles. The molecular weight excluding hydrogens is 307 g/mol. The zero-order valence-corrected chi connectivity index (χ0v) is 13.3. The number of piperazine rings is 1. The lowest BCUT2D eigenvalue weighted by molar-refractivity contribution is -0.134. The molecule has 21 heavy (non-hydrogen) atoms. The van der Waals surface area contributed by atoms with Gasteiger partial charge in [-0.15, -0.1) is 0 Å². The first-order chi connectivity index (χ1) is 9.48. The van der Waals surface area contributed by atoms with Gasteiger partial charge in [0.15, 0.2) is 0 Å². The van der Waals surface area contributed by atoms with E-state index in [1.54, 1.807) is 0 Å². The predicted molar refractivity (Wildman–Crippen MR) is 75.4 cm³/mol. The molecule has 0 bridgehead atoms. The summed E-state index contributed by atoms with van der Waals surface area (Å²) >= 11 is 0. The quantitative estimate of drug-likeness (QED) is 0.789. The summed E-state index contributed by atoms with van der Waals surface area (Å²) < 4.78 is 61.5. The molecule has 0 aromatic carbocycles. The van der Waals surface area contributed by atoms with E-state index in [-0.39, 0.29) is 12.0 Å². The Balaban J connectivity index is 2.49. The summed E-state index contributed by atoms with van der Waals surface area (Å²) in [5, 5.41) is 0. The van der Waals surface area contributed by atoms with Crippen LogP contribution >= 0.6 is 0 Å². The van der Waals surface area contributed by atoms with Gasteiger partial charge in [-0.05, 0) is 20.3 Å². The molecule has 1 aliphatic rings. The molecule has 0 aromatic heterocycles. The van der Waals surface area contributed by atoms with Gasteiger partial charge in [0.25, 0.3) is 0 Å². The molecule has 0 saturated carbocycles. The van der Waals surface area contributed by atoms with Gasteiger partial charge < -0.3 is 5.73 Å². The van der Waals surface area contributed by atoms with E-state index < -0.39 is 28.4 Å². The first-order valence-electron chi connectivity index (χ1n) is 6.98. The van der Waals surface area contributed by atoms with E-state index in [1.807, 2.05) is 13.8 Å². The first-order valence-corrected chi connectivity index (χ1v) is 8.58. The second kappa shape index (κ2) is 6.80. The lowest BCUT2D eigenvalue weighted by Crippen LogP contribution is -2.58. The smallest absolute Gasteiger partial charge is 0.329 e. The van der Waals surface area contributed by atoms with Crippen LogP contribution in [0.3, 0.4) is 0 Å². The Labute approximate surface area is 124 Å². The SMILES string of the molecule is CC(C)(CN)N1CCN(S(=O)(=O)CCCC(F)(F)F)CC1. The van der Waals surface area contributed by atoms with Crippen LogP contribution in [0.25, 0.3) is 0 Å². The highest BCUT2D eigenvalue weighted by molar-refractivity contribution is 7.89. The van der Waals surface area contributed by atoms with Crippen molar-refractivity contribution in [3.63, 3.8) is 0 Å². The van der Waals surface area contributed by atoms with E-state index in [4.69, 9.17) is 5.73 Å². The number of nitrogens with two attached hydrogens (primary N) is 1. The van der Waals surface area contributed by atoms with Crippen LogP contribution in [0.2, 0.25) is 0 Å². The van der Waals surface area contributed by atoms with Crippen LogP contribution in [0, 0.1) is 0 Å². The fourth-order valence-electron chi connectivity index (χ4n) is 2.28. The second-order valence-electron chi connectivity index (χ2n) is 5.94. The summed E-state index contributed by atoms with van der Waals surface area (Å²) in [6, 6.07) is 0. The Hall–Kier alpha value is -0.380. The second-order valence-corrected chi connectivity index (χ2v) is 8.03. The molecular formula is C12H24F3N3O2S. The number of alkyl halides is 3. The van der Waals surface area contributed by atoms with Gasteiger partial charge in [0.1, 0.15) is 0 Å². The molecule has 126 valence electrons. The van der Waals surface area contributed by atoms with Gasteiger partial charge in [-0.1, -0.05) is 0 Å². The Kier molecular flexibility index (Phi) is 6.05. The van der Waals surface area contributed by atoms with Crippen molar-refractivity contribution in [2.45, 2.75) is 38.4 Å². The molecule has 5 nitrogen and oxygen atoms in total. The summed E-state index contributed by atoms with van der Waals surface area (Å²) in [4.78, 5) is 2.11. The maximum atomic E-state index is 12.1. The summed E-state index contributed by atoms with van der Waals surface area (Å²) in [5.41, 5.74) is 5.48. The van der Waals surface area contributed by atoms with Gasteiger partial charge >= 0.3 is 6.18 Å². The van der Waals surface area contributed by atoms with E-state index >= 15 is 0 Å². The molecule has 9 heteroatoms. The maximum Gasteiger partial charge on any atom is 0.389 e. The van der Waals surface area contributed by atoms with Crippen LogP contribution in [-0.4, -0.2) is 67.8 Å². The maximum absolute atomic E-state index is 12.1. The average molecular weight is 331 g/mol. The van der Waals surface area contributed by atoms with Gasteiger partial charge in [-0.25, -0.2) is 8.42 Å². The third-order valence-corrected chi connectivity index (χ3v) is 5.81. The van der Waals surface area contributed by atoms with E-state index in [0.717, 1.165) is 0 Å². The van der Waals surface area contributed by atoms with Crippen molar-refractivity contribution in [2.75, 3.05) is 38.5 Å². The van der Waals surface area contributed by atoms with Gasteiger partial charge in [-0.2, -0.15) is 17.5 Å². The largest absolute Gasteiger partial charge is 0.389 e. The number of nitrogens with zero attached hydrogens (tertiary/aromatic N) is 2. The van der Waals surface area contributed by atoms with E-state index in [2.05, 4.69) is 4.90 Å². The number of halogens is 3. The topological polar surface area (TPSA) is 66.6 Å². The predicted octanol–water partition coefficient (Wildman–Crippen LogP) is 1.01. The number of rotatable bonds is 6. The number of sulfonamides is 1. The minimum Gasteiger partial charge on any atom is -0.329 e. The van der Waals surface area contributed by atoms with Gasteiger partial charge in [-0.3, -0.25) is 4.90 Å². The molecule has 2 N–H and O–H groups in total. The highest BCUT2D eigenvalue weighted by atomic mass is 32.2. The Bertz CT molecular complexity index is 430. The molecule has 0 unspecified atom stereocenters. The lowest BCUT2D eigenvalue weighted by Gasteiger charge is -2.43. The van der Waals surface area contributed by atoms with Crippen molar-refractivity contribution in [3.8, 4) is 0 Å². The van der Waals surface area contributed by atoms with Crippen LogP contribution in [0.15, 0.2) is 0 Å². The van der Waals surface area contributed by atoms with Crippen LogP contribution in [0.5, 0.6) is 0 Å². The minimum absolute atomic E-state index is 0.202. The fraction of sp³-hybridized carbons (Fsp3) is 1.00. The van der Waals surface area contributed by atoms with Crippen molar-refractivity contribution < 1.29 is 21.6 Å². The molecule has 1 aliphatic heterocycles. The van der Waals surface area contributed by atoms with Crippen LogP contribution in [-0.2, 0) is 10.0 Å². The van der Waals surface area contributed by atoms with E-state index in [9.17, 15) is 21.6 Å². The van der Waals surface area contributed by atoms with Crippen LogP contribution < -0.4 is 5.73 Å². The highest BCUT2D eigenvalue weighted by Crippen LogP contribution is 2.23. The van der Waals surface area contributed by atoms with Crippen molar-refractivity contribution in [1.82, 2.24) is 9.21 Å². The molecule has 1 rings (SSSR count). The van der Waals surface area contributed by atoms with Crippen molar-refractivity contribution in [3.05, 3.63) is 0 Å². The van der Waals surface area contributed by atoms with Crippen LogP contribution in [0.1, 0.15) is 26.7 Å². The molecule has 0 aliphatic carbocycles. The average Bonchev–Trinajstić information content (AvgIpc) is 2.37. The zero-order valence-electron chi connectivity index (χ0n) is 12.5. The third-order valence-electron chi connectivity index (χ3n) is 3.85. The Morgan fingerprint density at radius 1 is 1.10 bits per heavy atom. The van der Waals surface area contributed by atoms with Crippen LogP contribution in [0.4, 0.5) is 13.2 Å². The zero-order chi connectivity index (χ0) is 16.3. The fourth-order valence-corrected chi connectivity index (χ4v) is 3.77. The summed E-state index contributed by atoms with van der Waals surface area (Å²) in [5.74, 6) is -0.452. The Morgan fingerprint density at radius 2 is 1.62 bits per heavy atom. The molecule has 0 radical (unpaired) electrons. The standard InChI is InChI=1S/C12H24F3N3O2S/c1-11(2,10-16)17-5-7-18(8-6-17)21(19,20)9-3-4-12(13,14)15/h3-10,16H2,1-2H3. The first kappa shape index (κ1) is 18.7. The minimum atomic E-state index is -4.31. The molecule has 0 aromatic rings. The van der Waals surface area contributed by atoms with E-state index in [0.29, 0.717) is 32.7 Å². The van der Waals surface area contributed by atoms with Crippen molar-refractivity contribution in [1.29, 1.82) is 0 Å². The van der Waals surface area contributed by atoms with Gasteiger partial charge in [0.2, 0.25) is 10.0 Å². The summed E-state index contributed by atoms with van der Waals surface area (Å²) in [6.45, 7) is 6.13. The van der Waals surface area contributed by atoms with Gasteiger partial charge in [0.05, 0.1) is 5.75 Å². The number of hydrogen-bond donors (Lipinski definition) is 1. The lowest BCUT2D eigenvalue weighted by atomic mass is 10.0. The Morgan fingerprint density at radius 3 is 2.05 bits per heavy atom. The van der Waals surface area contributed by atoms with Gasteiger partial charge in [0, 0.05) is 44.7 Å². The molecule has 1 saturated heterocycles. The van der Waals surface area contributed by atoms with Crippen molar-refractivity contribution >= 4 is 10.0 Å². The third kappa shape index (κ3) is 5.72. The highest BCUT2D eigenvalue weighted by Gasteiger charge is 2.33. The number of hydrogen-bond acceptors (Lipinski definition) is 4. The molecule has 0 amide bonds. The summed E-state index contributed by atoms with van der Waals surface area (Å²) in [6.07, 6.45) is -5.76. The molecule has 0 atom stereocenters. The molecule has 0 spiro atoms. The monoisotopic (exact) mass is 331 g/mol. The summed E-state index contributed by atoms with van der Waals surface area (Å²) in [7, 11) is -3.61. The van der Waals surface area contributed by atoms with Crippen molar-refractivity contribution in [2.24, 2.45) is 5.73 Å². The molecule has 1 fully saturated rings. The normalized spacial score (nSPS) is 19.9. The van der Waals surface area contributed by atoms with E-state index in [1.165, 1.54) is 4.31 Å².